The quantitative estimate of drug-likeness (QED) is 0.873. The summed E-state index contributed by atoms with van der Waals surface area (Å²) in [5.74, 6) is 0.232. The number of hydrogen-bond donors (Lipinski definition) is 2. The largest absolute Gasteiger partial charge is 0.340 e. The van der Waals surface area contributed by atoms with Crippen LogP contribution in [0.3, 0.4) is 0 Å². The number of carbonyl (C=O) groups excluding carboxylic acids is 2. The monoisotopic (exact) mass is 346 g/mol. The topological polar surface area (TPSA) is 76.0 Å². The molecule has 3 rings (SSSR count). The van der Waals surface area contributed by atoms with Gasteiger partial charge in [0.1, 0.15) is 11.9 Å². The Bertz CT molecular complexity index is 689. The van der Waals surface area contributed by atoms with Gasteiger partial charge in [-0.15, -0.1) is 11.3 Å². The average molecular weight is 346 g/mol. The van der Waals surface area contributed by atoms with Gasteiger partial charge in [0.15, 0.2) is 0 Å². The Morgan fingerprint density at radius 3 is 2.79 bits per heavy atom. The number of nitrogens with one attached hydrogen (secondary N) is 2. The van der Waals surface area contributed by atoms with E-state index in [0.29, 0.717) is 16.7 Å². The van der Waals surface area contributed by atoms with Crippen molar-refractivity contribution in [2.75, 3.05) is 5.32 Å². The number of anilines is 1. The predicted octanol–water partition coefficient (Wildman–Crippen LogP) is 3.21. The summed E-state index contributed by atoms with van der Waals surface area (Å²) in [6, 6.07) is 5.09. The summed E-state index contributed by atoms with van der Waals surface area (Å²) in [6.07, 6.45) is 7.56. The maximum atomic E-state index is 12.4. The Morgan fingerprint density at radius 2 is 2.08 bits per heavy atom. The zero-order valence-corrected chi connectivity index (χ0v) is 14.5. The lowest BCUT2D eigenvalue weighted by molar-refractivity contribution is -0.117. The van der Waals surface area contributed by atoms with Gasteiger partial charge in [0.2, 0.25) is 5.91 Å². The number of thiophene rings is 1. The fourth-order valence-electron chi connectivity index (χ4n) is 3.01. The maximum Gasteiger partial charge on any atom is 0.261 e. The minimum atomic E-state index is -0.616. The summed E-state index contributed by atoms with van der Waals surface area (Å²) in [7, 11) is 0. The molecule has 0 bridgehead atoms. The van der Waals surface area contributed by atoms with Crippen LogP contribution in [0.2, 0.25) is 0 Å². The van der Waals surface area contributed by atoms with Crippen molar-refractivity contribution in [1.29, 1.82) is 0 Å². The molecule has 6 nitrogen and oxygen atoms in total. The highest BCUT2D eigenvalue weighted by atomic mass is 32.1. The molecule has 0 spiro atoms. The minimum absolute atomic E-state index is 0.228. The molecule has 24 heavy (non-hydrogen) atoms. The number of rotatable bonds is 5. The van der Waals surface area contributed by atoms with Crippen molar-refractivity contribution in [3.8, 4) is 0 Å². The molecule has 0 aromatic carbocycles. The van der Waals surface area contributed by atoms with Gasteiger partial charge in [-0.2, -0.15) is 5.10 Å². The first kappa shape index (κ1) is 16.7. The van der Waals surface area contributed by atoms with E-state index in [1.54, 1.807) is 25.3 Å². The van der Waals surface area contributed by atoms with Crippen LogP contribution in [0.25, 0.3) is 0 Å². The lowest BCUT2D eigenvalue weighted by atomic mass is 9.96. The van der Waals surface area contributed by atoms with Crippen LogP contribution in [-0.4, -0.2) is 27.6 Å². The molecule has 1 aliphatic carbocycles. The lowest BCUT2D eigenvalue weighted by Crippen LogP contribution is -2.41. The number of hydrogen-bond acceptors (Lipinski definition) is 4. The number of carbonyl (C=O) groups is 2. The van der Waals surface area contributed by atoms with Gasteiger partial charge in [-0.1, -0.05) is 25.3 Å². The van der Waals surface area contributed by atoms with Gasteiger partial charge in [-0.05, 0) is 31.2 Å². The normalized spacial score (nSPS) is 16.5. The first-order chi connectivity index (χ1) is 11.6. The summed E-state index contributed by atoms with van der Waals surface area (Å²) in [5.41, 5.74) is 0. The second-order valence-corrected chi connectivity index (χ2v) is 7.06. The van der Waals surface area contributed by atoms with E-state index in [2.05, 4.69) is 15.7 Å². The zero-order valence-electron chi connectivity index (χ0n) is 13.7. The van der Waals surface area contributed by atoms with Crippen molar-refractivity contribution in [3.05, 3.63) is 34.7 Å². The number of nitrogens with zero attached hydrogens (tertiary/aromatic N) is 2. The van der Waals surface area contributed by atoms with E-state index in [0.717, 1.165) is 12.8 Å². The van der Waals surface area contributed by atoms with E-state index < -0.39 is 6.04 Å². The predicted molar refractivity (Wildman–Crippen MR) is 94.2 cm³/mol. The van der Waals surface area contributed by atoms with Gasteiger partial charge >= 0.3 is 0 Å². The van der Waals surface area contributed by atoms with Crippen LogP contribution < -0.4 is 10.6 Å². The van der Waals surface area contributed by atoms with Crippen LogP contribution in [0.15, 0.2) is 29.8 Å². The third-order valence-corrected chi connectivity index (χ3v) is 5.20. The van der Waals surface area contributed by atoms with E-state index >= 15 is 0 Å². The van der Waals surface area contributed by atoms with E-state index in [-0.39, 0.29) is 11.8 Å². The molecule has 0 aliphatic heterocycles. The summed E-state index contributed by atoms with van der Waals surface area (Å²) in [6.45, 7) is 1.68. The Kier molecular flexibility index (Phi) is 5.30. The fraction of sp³-hybridized carbons (Fsp3) is 0.471. The molecule has 1 saturated carbocycles. The Hall–Kier alpha value is -2.15. The molecule has 2 heterocycles. The zero-order chi connectivity index (χ0) is 16.9. The molecule has 1 aliphatic rings. The molecule has 2 amide bonds. The van der Waals surface area contributed by atoms with Crippen LogP contribution in [0.5, 0.6) is 0 Å². The third-order valence-electron chi connectivity index (χ3n) is 4.33. The first-order valence-electron chi connectivity index (χ1n) is 8.34. The summed E-state index contributed by atoms with van der Waals surface area (Å²) in [5, 5.41) is 11.8. The molecule has 0 unspecified atom stereocenters. The van der Waals surface area contributed by atoms with Gasteiger partial charge in [-0.25, -0.2) is 4.68 Å². The van der Waals surface area contributed by atoms with Crippen molar-refractivity contribution < 1.29 is 9.59 Å². The summed E-state index contributed by atoms with van der Waals surface area (Å²) in [4.78, 5) is 25.0. The average Bonchev–Trinajstić information content (AvgIpc) is 3.27. The Morgan fingerprint density at radius 1 is 1.29 bits per heavy atom. The van der Waals surface area contributed by atoms with Gasteiger partial charge in [0, 0.05) is 6.07 Å². The fourth-order valence-corrected chi connectivity index (χ4v) is 3.63. The molecule has 2 aromatic rings. The minimum Gasteiger partial charge on any atom is -0.340 e. The number of aromatic nitrogens is 2. The lowest BCUT2D eigenvalue weighted by Gasteiger charge is -2.24. The van der Waals surface area contributed by atoms with Crippen molar-refractivity contribution in [3.63, 3.8) is 0 Å². The number of amides is 2. The van der Waals surface area contributed by atoms with Crippen LogP contribution in [0.1, 0.15) is 54.7 Å². The maximum absolute atomic E-state index is 12.4. The molecule has 2 aromatic heterocycles. The van der Waals surface area contributed by atoms with Gasteiger partial charge in [0.25, 0.3) is 5.91 Å². The molecular formula is C17H22N4O2S. The van der Waals surface area contributed by atoms with Gasteiger partial charge in [-0.3, -0.25) is 9.59 Å². The van der Waals surface area contributed by atoms with E-state index in [9.17, 15) is 9.59 Å². The highest BCUT2D eigenvalue weighted by Crippen LogP contribution is 2.29. The molecule has 7 heteroatoms. The smallest absolute Gasteiger partial charge is 0.261 e. The third kappa shape index (κ3) is 3.84. The van der Waals surface area contributed by atoms with Crippen LogP contribution >= 0.6 is 11.3 Å². The first-order valence-corrected chi connectivity index (χ1v) is 9.22. The molecule has 1 fully saturated rings. The highest BCUT2D eigenvalue weighted by molar-refractivity contribution is 7.12. The molecular weight excluding hydrogens is 324 g/mol. The molecule has 0 saturated heterocycles. The van der Waals surface area contributed by atoms with Gasteiger partial charge in [0.05, 0.1) is 17.1 Å². The second kappa shape index (κ2) is 7.61. The SMILES string of the molecule is C[C@H](NC(=O)c1cccs1)C(=O)Nc1ccnn1C1CCCCC1. The van der Waals surface area contributed by atoms with Crippen molar-refractivity contribution in [1.82, 2.24) is 15.1 Å². The van der Waals surface area contributed by atoms with E-state index in [4.69, 9.17) is 0 Å². The van der Waals surface area contributed by atoms with Crippen LogP contribution in [0, 0.1) is 0 Å². The molecule has 1 atom stereocenters. The van der Waals surface area contributed by atoms with Gasteiger partial charge < -0.3 is 10.6 Å². The van der Waals surface area contributed by atoms with E-state index in [1.807, 2.05) is 16.1 Å². The molecule has 0 radical (unpaired) electrons. The Balaban J connectivity index is 1.60. The summed E-state index contributed by atoms with van der Waals surface area (Å²) >= 11 is 1.35. The second-order valence-electron chi connectivity index (χ2n) is 6.11. The molecule has 2 N–H and O–H groups in total. The highest BCUT2D eigenvalue weighted by Gasteiger charge is 2.22. The van der Waals surface area contributed by atoms with Crippen LogP contribution in [-0.2, 0) is 4.79 Å². The van der Waals surface area contributed by atoms with Crippen LogP contribution in [0.4, 0.5) is 5.82 Å². The molecule has 128 valence electrons. The summed E-state index contributed by atoms with van der Waals surface area (Å²) < 4.78 is 1.91. The standard InChI is InChI=1S/C17H22N4O2S/c1-12(19-17(23)14-8-5-11-24-14)16(22)20-15-9-10-18-21(15)13-6-3-2-4-7-13/h5,8-13H,2-4,6-7H2,1H3,(H,19,23)(H,20,22)/t12-/m0/s1. The van der Waals surface area contributed by atoms with Crippen molar-refractivity contribution in [2.45, 2.75) is 51.1 Å². The Labute approximate surface area is 145 Å². The van der Waals surface area contributed by atoms with Crippen molar-refractivity contribution in [2.24, 2.45) is 0 Å². The van der Waals surface area contributed by atoms with Crippen molar-refractivity contribution >= 4 is 29.0 Å². The van der Waals surface area contributed by atoms with E-state index in [1.165, 1.54) is 30.6 Å².